The highest BCUT2D eigenvalue weighted by atomic mass is 16.1. The number of carbonyl (C=O) groups is 1. The highest BCUT2D eigenvalue weighted by molar-refractivity contribution is 5.94. The molecule has 1 heterocycles. The summed E-state index contributed by atoms with van der Waals surface area (Å²) in [6.07, 6.45) is 5.72. The van der Waals surface area contributed by atoms with Crippen molar-refractivity contribution in [3.8, 4) is 11.8 Å². The molecule has 2 aliphatic rings. The van der Waals surface area contributed by atoms with Crippen LogP contribution in [0.1, 0.15) is 60.5 Å². The molecule has 1 unspecified atom stereocenters. The molecule has 3 N–H and O–H groups in total. The first-order valence-electron chi connectivity index (χ1n) is 12.3. The number of rotatable bonds is 5. The topological polar surface area (TPSA) is 58.4 Å². The van der Waals surface area contributed by atoms with E-state index in [-0.39, 0.29) is 5.91 Å². The maximum Gasteiger partial charge on any atom is 0.251 e. The molecule has 4 rings (SSSR count). The van der Waals surface area contributed by atoms with Crippen molar-refractivity contribution in [3.63, 3.8) is 0 Å². The molecule has 4 nitrogen and oxygen atoms in total. The molecule has 33 heavy (non-hydrogen) atoms. The van der Waals surface area contributed by atoms with Crippen LogP contribution in [0, 0.1) is 24.7 Å². The van der Waals surface area contributed by atoms with Crippen molar-refractivity contribution in [1.29, 1.82) is 0 Å². The number of carbonyl (C=O) groups excluding carboxylic acids is 1. The second-order valence-corrected chi connectivity index (χ2v) is 9.23. The van der Waals surface area contributed by atoms with Gasteiger partial charge in [-0.05, 0) is 68.6 Å². The number of nitrogens with two attached hydrogens (primary N) is 1. The molecule has 1 amide bonds. The van der Waals surface area contributed by atoms with Gasteiger partial charge in [0.15, 0.2) is 0 Å². The maximum atomic E-state index is 12.7. The van der Waals surface area contributed by atoms with Gasteiger partial charge in [0.05, 0.1) is 0 Å². The van der Waals surface area contributed by atoms with Crippen LogP contribution < -0.4 is 21.5 Å². The lowest BCUT2D eigenvalue weighted by Gasteiger charge is -2.26. The molecule has 1 aliphatic heterocycles. The summed E-state index contributed by atoms with van der Waals surface area (Å²) in [7, 11) is 0. The molecule has 1 atom stereocenters. The molecule has 0 bridgehead atoms. The van der Waals surface area contributed by atoms with Crippen LogP contribution in [0.25, 0.3) is 11.3 Å². The molecule has 1 aliphatic carbocycles. The summed E-state index contributed by atoms with van der Waals surface area (Å²) in [5, 5.41) is 5.32. The van der Waals surface area contributed by atoms with Crippen LogP contribution in [0.5, 0.6) is 0 Å². The highest BCUT2D eigenvalue weighted by Crippen LogP contribution is 2.22. The number of fused-ring (bicyclic) bond motifs is 1. The van der Waals surface area contributed by atoms with E-state index < -0.39 is 0 Å². The molecule has 2 aromatic rings. The van der Waals surface area contributed by atoms with E-state index in [2.05, 4.69) is 41.1 Å². The van der Waals surface area contributed by atoms with Crippen LogP contribution in [-0.2, 0) is 0 Å². The standard InChI is InChI=1S/C29H35N3O/c1-3-22-19-24(26-9-5-6-10-27(26)28(22)30)14-13-23-20-25(12-11-21(23)2)29(33)31-15-18-32-16-7-4-8-17-32/h5-6,9-12,20,22H,3-4,7-8,15-19,30H2,1-2H3,(H,31,33). The Bertz CT molecular complexity index is 1200. The van der Waals surface area contributed by atoms with Gasteiger partial charge in [-0.3, -0.25) is 4.79 Å². The van der Waals surface area contributed by atoms with E-state index in [1.165, 1.54) is 19.3 Å². The molecular weight excluding hydrogens is 406 g/mol. The van der Waals surface area contributed by atoms with Gasteiger partial charge in [-0.15, -0.1) is 0 Å². The number of likely N-dealkylation sites (tertiary alicyclic amines) is 1. The van der Waals surface area contributed by atoms with Crippen molar-refractivity contribution in [3.05, 3.63) is 69.6 Å². The Labute approximate surface area is 197 Å². The van der Waals surface area contributed by atoms with Gasteiger partial charge in [0.1, 0.15) is 0 Å². The van der Waals surface area contributed by atoms with Gasteiger partial charge in [0.2, 0.25) is 0 Å². The minimum absolute atomic E-state index is 0.0286. The third kappa shape index (κ3) is 5.49. The van der Waals surface area contributed by atoms with Crippen molar-refractivity contribution >= 4 is 17.2 Å². The summed E-state index contributed by atoms with van der Waals surface area (Å²) in [6, 6.07) is 14.1. The Morgan fingerprint density at radius 1 is 1.09 bits per heavy atom. The number of nitrogens with one attached hydrogen (secondary N) is 1. The van der Waals surface area contributed by atoms with Gasteiger partial charge >= 0.3 is 0 Å². The normalized spacial score (nSPS) is 18.3. The Kier molecular flexibility index (Phi) is 7.52. The van der Waals surface area contributed by atoms with E-state index in [9.17, 15) is 4.79 Å². The smallest absolute Gasteiger partial charge is 0.251 e. The zero-order valence-electron chi connectivity index (χ0n) is 19.9. The van der Waals surface area contributed by atoms with Crippen LogP contribution in [0.15, 0.2) is 42.5 Å². The molecular formula is C29H35N3O. The predicted molar refractivity (Wildman–Crippen MR) is 136 cm³/mol. The van der Waals surface area contributed by atoms with Gasteiger partial charge in [0.25, 0.3) is 5.91 Å². The summed E-state index contributed by atoms with van der Waals surface area (Å²) in [5.74, 6) is 7.09. The summed E-state index contributed by atoms with van der Waals surface area (Å²) in [5.41, 5.74) is 11.2. The molecule has 0 radical (unpaired) electrons. The van der Waals surface area contributed by atoms with Gasteiger partial charge in [-0.2, -0.15) is 0 Å². The molecule has 1 saturated heterocycles. The number of benzene rings is 2. The highest BCUT2D eigenvalue weighted by Gasteiger charge is 2.18. The second-order valence-electron chi connectivity index (χ2n) is 9.23. The molecule has 1 fully saturated rings. The Morgan fingerprint density at radius 3 is 2.61 bits per heavy atom. The van der Waals surface area contributed by atoms with Crippen LogP contribution in [0.4, 0.5) is 0 Å². The number of hydrogen-bond donors (Lipinski definition) is 2. The van der Waals surface area contributed by atoms with Crippen molar-refractivity contribution in [1.82, 2.24) is 10.2 Å². The molecule has 0 aromatic heterocycles. The Morgan fingerprint density at radius 2 is 1.85 bits per heavy atom. The van der Waals surface area contributed by atoms with Gasteiger partial charge in [0, 0.05) is 46.6 Å². The van der Waals surface area contributed by atoms with E-state index in [1.807, 2.05) is 37.3 Å². The third-order valence-corrected chi connectivity index (χ3v) is 6.96. The minimum atomic E-state index is -0.0286. The SMILES string of the molecule is CCC1CC(C#Cc2cc(C(=O)NCCN3CCCCC3)ccc2C)=c2ccccc2=C1N. The van der Waals surface area contributed by atoms with E-state index >= 15 is 0 Å². The van der Waals surface area contributed by atoms with Gasteiger partial charge < -0.3 is 16.0 Å². The first-order valence-corrected chi connectivity index (χ1v) is 12.3. The van der Waals surface area contributed by atoms with Crippen LogP contribution in [0.2, 0.25) is 0 Å². The summed E-state index contributed by atoms with van der Waals surface area (Å²) >= 11 is 0. The van der Waals surface area contributed by atoms with E-state index in [4.69, 9.17) is 5.73 Å². The zero-order chi connectivity index (χ0) is 23.2. The fourth-order valence-electron chi connectivity index (χ4n) is 4.82. The quantitative estimate of drug-likeness (QED) is 0.702. The average molecular weight is 442 g/mol. The van der Waals surface area contributed by atoms with E-state index in [0.717, 1.165) is 65.3 Å². The number of hydrogen-bond acceptors (Lipinski definition) is 3. The fourth-order valence-corrected chi connectivity index (χ4v) is 4.82. The fraction of sp³-hybridized carbons (Fsp3) is 0.414. The zero-order valence-corrected chi connectivity index (χ0v) is 19.9. The lowest BCUT2D eigenvalue weighted by Crippen LogP contribution is -2.37. The molecule has 0 spiro atoms. The molecule has 4 heteroatoms. The second kappa shape index (κ2) is 10.7. The lowest BCUT2D eigenvalue weighted by molar-refractivity contribution is 0.0946. The van der Waals surface area contributed by atoms with E-state index in [1.54, 1.807) is 0 Å². The maximum absolute atomic E-state index is 12.7. The van der Waals surface area contributed by atoms with Gasteiger partial charge in [-0.1, -0.05) is 55.5 Å². The molecule has 2 aromatic carbocycles. The van der Waals surface area contributed by atoms with Crippen molar-refractivity contribution in [2.45, 2.75) is 46.0 Å². The van der Waals surface area contributed by atoms with E-state index in [0.29, 0.717) is 18.0 Å². The summed E-state index contributed by atoms with van der Waals surface area (Å²) in [4.78, 5) is 15.2. The Balaban J connectivity index is 1.53. The number of nitrogens with zero attached hydrogens (tertiary/aromatic N) is 1. The monoisotopic (exact) mass is 441 g/mol. The minimum Gasteiger partial charge on any atom is -0.401 e. The average Bonchev–Trinajstić information content (AvgIpc) is 2.85. The lowest BCUT2D eigenvalue weighted by atomic mass is 9.87. The number of amides is 1. The summed E-state index contributed by atoms with van der Waals surface area (Å²) in [6.45, 7) is 8.10. The number of piperidine rings is 1. The molecule has 172 valence electrons. The van der Waals surface area contributed by atoms with Crippen molar-refractivity contribution < 1.29 is 4.79 Å². The Hall–Kier alpha value is -3.03. The van der Waals surface area contributed by atoms with Crippen LogP contribution in [0.3, 0.4) is 0 Å². The largest absolute Gasteiger partial charge is 0.401 e. The van der Waals surface area contributed by atoms with Crippen molar-refractivity contribution in [2.24, 2.45) is 11.7 Å². The first kappa shape index (κ1) is 23.1. The summed E-state index contributed by atoms with van der Waals surface area (Å²) < 4.78 is 0. The first-order chi connectivity index (χ1) is 16.1. The van der Waals surface area contributed by atoms with Crippen molar-refractivity contribution in [2.75, 3.05) is 26.2 Å². The van der Waals surface area contributed by atoms with Crippen LogP contribution >= 0.6 is 0 Å². The third-order valence-electron chi connectivity index (χ3n) is 6.96. The molecule has 0 saturated carbocycles. The number of aryl methyl sites for hydroxylation is 1. The van der Waals surface area contributed by atoms with Crippen LogP contribution in [-0.4, -0.2) is 37.0 Å². The van der Waals surface area contributed by atoms with Gasteiger partial charge in [-0.25, -0.2) is 0 Å². The predicted octanol–water partition coefficient (Wildman–Crippen LogP) is 2.91.